The highest BCUT2D eigenvalue weighted by molar-refractivity contribution is 6.30. The first kappa shape index (κ1) is 14.1. The summed E-state index contributed by atoms with van der Waals surface area (Å²) in [6.45, 7) is -0.317. The highest BCUT2D eigenvalue weighted by atomic mass is 35.5. The van der Waals surface area contributed by atoms with Gasteiger partial charge in [-0.25, -0.2) is 4.79 Å². The molecule has 1 aromatic carbocycles. The van der Waals surface area contributed by atoms with Gasteiger partial charge in [-0.05, 0) is 42.5 Å². The number of ether oxygens (including phenoxy) is 1. The molecule has 0 aliphatic heterocycles. The van der Waals surface area contributed by atoms with Crippen LogP contribution < -0.4 is 0 Å². The zero-order chi connectivity index (χ0) is 14.4. The lowest BCUT2D eigenvalue weighted by Gasteiger charge is -2.01. The van der Waals surface area contributed by atoms with E-state index in [2.05, 4.69) is 0 Å². The summed E-state index contributed by atoms with van der Waals surface area (Å²) in [5, 5.41) is 0.542. The molecule has 0 radical (unpaired) electrons. The molecule has 0 saturated heterocycles. The van der Waals surface area contributed by atoms with Crippen LogP contribution in [0, 0.1) is 0 Å². The van der Waals surface area contributed by atoms with Gasteiger partial charge < -0.3 is 9.15 Å². The SMILES string of the molecule is O=C(/C=C/c1ccco1)OCC(=O)c1ccc(Cl)cc1. The molecule has 0 spiro atoms. The lowest BCUT2D eigenvalue weighted by molar-refractivity contribution is -0.136. The van der Waals surface area contributed by atoms with Gasteiger partial charge in [-0.3, -0.25) is 4.79 Å². The Hall–Kier alpha value is -2.33. The van der Waals surface area contributed by atoms with Gasteiger partial charge in [-0.2, -0.15) is 0 Å². The minimum atomic E-state index is -0.608. The monoisotopic (exact) mass is 290 g/mol. The minimum Gasteiger partial charge on any atom is -0.465 e. The van der Waals surface area contributed by atoms with Crippen LogP contribution in [0.2, 0.25) is 5.02 Å². The van der Waals surface area contributed by atoms with Crippen molar-refractivity contribution >= 4 is 29.4 Å². The number of halogens is 1. The Morgan fingerprint density at radius 2 is 1.95 bits per heavy atom. The van der Waals surface area contributed by atoms with Crippen LogP contribution >= 0.6 is 11.6 Å². The molecular formula is C15H11ClO4. The summed E-state index contributed by atoms with van der Waals surface area (Å²) in [7, 11) is 0. The van der Waals surface area contributed by atoms with Crippen molar-refractivity contribution in [1.29, 1.82) is 0 Å². The third-order valence-electron chi connectivity index (χ3n) is 2.44. The van der Waals surface area contributed by atoms with Gasteiger partial charge in [-0.1, -0.05) is 11.6 Å². The molecular weight excluding hydrogens is 280 g/mol. The number of hydrogen-bond acceptors (Lipinski definition) is 4. The standard InChI is InChI=1S/C15H11ClO4/c16-12-5-3-11(4-6-12)14(17)10-20-15(18)8-7-13-2-1-9-19-13/h1-9H,10H2/b8-7+. The normalized spacial score (nSPS) is 10.7. The first-order valence-electron chi connectivity index (χ1n) is 5.82. The van der Waals surface area contributed by atoms with Gasteiger partial charge in [0.05, 0.1) is 6.26 Å². The predicted octanol–water partition coefficient (Wildman–Crippen LogP) is 3.37. The summed E-state index contributed by atoms with van der Waals surface area (Å²) in [5.74, 6) is -0.365. The molecule has 0 fully saturated rings. The van der Waals surface area contributed by atoms with Gasteiger partial charge >= 0.3 is 5.97 Å². The lowest BCUT2D eigenvalue weighted by Crippen LogP contribution is -2.12. The zero-order valence-corrected chi connectivity index (χ0v) is 11.2. The Morgan fingerprint density at radius 1 is 1.20 bits per heavy atom. The van der Waals surface area contributed by atoms with Crippen LogP contribution in [0.5, 0.6) is 0 Å². The van der Waals surface area contributed by atoms with E-state index in [1.165, 1.54) is 18.4 Å². The van der Waals surface area contributed by atoms with Gasteiger partial charge in [-0.15, -0.1) is 0 Å². The topological polar surface area (TPSA) is 56.5 Å². The zero-order valence-electron chi connectivity index (χ0n) is 10.4. The Labute approximate surface area is 120 Å². The highest BCUT2D eigenvalue weighted by Crippen LogP contribution is 2.10. The van der Waals surface area contributed by atoms with Crippen LogP contribution in [0.1, 0.15) is 16.1 Å². The molecule has 0 bridgehead atoms. The fourth-order valence-corrected chi connectivity index (χ4v) is 1.57. The molecule has 0 aliphatic rings. The fraction of sp³-hybridized carbons (Fsp3) is 0.0667. The Kier molecular flexibility index (Phi) is 4.74. The van der Waals surface area contributed by atoms with E-state index in [0.717, 1.165) is 0 Å². The quantitative estimate of drug-likeness (QED) is 0.481. The van der Waals surface area contributed by atoms with E-state index in [1.807, 2.05) is 0 Å². The summed E-state index contributed by atoms with van der Waals surface area (Å²) in [6, 6.07) is 9.77. The predicted molar refractivity (Wildman–Crippen MR) is 74.5 cm³/mol. The highest BCUT2D eigenvalue weighted by Gasteiger charge is 2.08. The number of ketones is 1. The smallest absolute Gasteiger partial charge is 0.331 e. The first-order chi connectivity index (χ1) is 9.65. The summed E-state index contributed by atoms with van der Waals surface area (Å²) >= 11 is 5.72. The minimum absolute atomic E-state index is 0.290. The van der Waals surface area contributed by atoms with Gasteiger partial charge in [0.2, 0.25) is 0 Å². The number of rotatable bonds is 5. The van der Waals surface area contributed by atoms with Crippen molar-refractivity contribution in [3.05, 3.63) is 65.1 Å². The van der Waals surface area contributed by atoms with Crippen molar-refractivity contribution in [2.24, 2.45) is 0 Å². The van der Waals surface area contributed by atoms with Crippen molar-refractivity contribution in [3.8, 4) is 0 Å². The average Bonchev–Trinajstić information content (AvgIpc) is 2.96. The maximum absolute atomic E-state index is 11.7. The Balaban J connectivity index is 1.84. The molecule has 0 unspecified atom stereocenters. The van der Waals surface area contributed by atoms with Gasteiger partial charge in [0, 0.05) is 16.7 Å². The largest absolute Gasteiger partial charge is 0.465 e. The van der Waals surface area contributed by atoms with Crippen LogP contribution in [-0.4, -0.2) is 18.4 Å². The third kappa shape index (κ3) is 4.10. The van der Waals surface area contributed by atoms with Gasteiger partial charge in [0.1, 0.15) is 5.76 Å². The van der Waals surface area contributed by atoms with Crippen molar-refractivity contribution in [2.45, 2.75) is 0 Å². The van der Waals surface area contributed by atoms with E-state index < -0.39 is 5.97 Å². The second-order valence-electron chi connectivity index (χ2n) is 3.89. The van der Waals surface area contributed by atoms with Crippen molar-refractivity contribution in [3.63, 3.8) is 0 Å². The molecule has 1 heterocycles. The molecule has 20 heavy (non-hydrogen) atoms. The number of carbonyl (C=O) groups excluding carboxylic acids is 2. The van der Waals surface area contributed by atoms with Gasteiger partial charge in [0.15, 0.2) is 12.4 Å². The molecule has 5 heteroatoms. The van der Waals surface area contributed by atoms with E-state index in [9.17, 15) is 9.59 Å². The molecule has 2 rings (SSSR count). The summed E-state index contributed by atoms with van der Waals surface area (Å²) in [4.78, 5) is 23.1. The van der Waals surface area contributed by atoms with Crippen molar-refractivity contribution in [1.82, 2.24) is 0 Å². The molecule has 2 aromatic rings. The Bertz CT molecular complexity index is 612. The first-order valence-corrected chi connectivity index (χ1v) is 6.20. The van der Waals surface area contributed by atoms with E-state index in [4.69, 9.17) is 20.8 Å². The van der Waals surface area contributed by atoms with E-state index in [0.29, 0.717) is 16.3 Å². The van der Waals surface area contributed by atoms with E-state index in [1.54, 1.807) is 36.4 Å². The van der Waals surface area contributed by atoms with Crippen molar-refractivity contribution < 1.29 is 18.7 Å². The number of Topliss-reactive ketones (excluding diaryl/α,β-unsaturated/α-hetero) is 1. The molecule has 1 aromatic heterocycles. The summed E-state index contributed by atoms with van der Waals surface area (Å²) in [5.41, 5.74) is 0.442. The molecule has 0 saturated carbocycles. The molecule has 0 atom stereocenters. The molecule has 0 amide bonds. The molecule has 0 aliphatic carbocycles. The number of esters is 1. The molecule has 102 valence electrons. The molecule has 4 nitrogen and oxygen atoms in total. The fourth-order valence-electron chi connectivity index (χ4n) is 1.44. The third-order valence-corrected chi connectivity index (χ3v) is 2.69. The summed E-state index contributed by atoms with van der Waals surface area (Å²) in [6.07, 6.45) is 4.16. The van der Waals surface area contributed by atoms with Crippen LogP contribution in [0.15, 0.2) is 53.2 Å². The van der Waals surface area contributed by atoms with Crippen LogP contribution in [-0.2, 0) is 9.53 Å². The van der Waals surface area contributed by atoms with Crippen LogP contribution in [0.3, 0.4) is 0 Å². The van der Waals surface area contributed by atoms with Crippen LogP contribution in [0.25, 0.3) is 6.08 Å². The number of hydrogen-bond donors (Lipinski definition) is 0. The second-order valence-corrected chi connectivity index (χ2v) is 4.32. The van der Waals surface area contributed by atoms with E-state index >= 15 is 0 Å². The number of benzene rings is 1. The Morgan fingerprint density at radius 3 is 2.60 bits per heavy atom. The lowest BCUT2D eigenvalue weighted by atomic mass is 10.1. The van der Waals surface area contributed by atoms with Crippen LogP contribution in [0.4, 0.5) is 0 Å². The number of furan rings is 1. The maximum Gasteiger partial charge on any atom is 0.331 e. The second kappa shape index (κ2) is 6.73. The maximum atomic E-state index is 11.7. The van der Waals surface area contributed by atoms with Gasteiger partial charge in [0.25, 0.3) is 0 Å². The molecule has 0 N–H and O–H groups in total. The summed E-state index contributed by atoms with van der Waals surface area (Å²) < 4.78 is 9.85. The van der Waals surface area contributed by atoms with Crippen molar-refractivity contribution in [2.75, 3.05) is 6.61 Å². The van der Waals surface area contributed by atoms with E-state index in [-0.39, 0.29) is 12.4 Å². The average molecular weight is 291 g/mol. The number of carbonyl (C=O) groups is 2.